The van der Waals surface area contributed by atoms with Crippen LogP contribution in [0.15, 0.2) is 54.7 Å². The van der Waals surface area contributed by atoms with E-state index >= 15 is 0 Å². The summed E-state index contributed by atoms with van der Waals surface area (Å²) in [5, 5.41) is 5.38. The Morgan fingerprint density at radius 2 is 1.76 bits per heavy atom. The number of urea groups is 1. The van der Waals surface area contributed by atoms with Gasteiger partial charge in [-0.2, -0.15) is 0 Å². The molecule has 0 unspecified atom stereocenters. The number of pyridine rings is 1. The van der Waals surface area contributed by atoms with Gasteiger partial charge in [0, 0.05) is 29.0 Å². The van der Waals surface area contributed by atoms with Crippen molar-refractivity contribution in [3.05, 3.63) is 77.5 Å². The second-order valence-electron chi connectivity index (χ2n) is 7.77. The van der Waals surface area contributed by atoms with Gasteiger partial charge in [-0.15, -0.1) is 0 Å². The number of hydrogen-bond acceptors (Lipinski definition) is 5. The third kappa shape index (κ3) is 4.02. The highest BCUT2D eigenvalue weighted by Gasteiger charge is 2.57. The fourth-order valence-corrected chi connectivity index (χ4v) is 4.00. The van der Waals surface area contributed by atoms with Gasteiger partial charge in [0.1, 0.15) is 23.1 Å². The zero-order valence-corrected chi connectivity index (χ0v) is 17.0. The number of amides is 3. The van der Waals surface area contributed by atoms with Crippen LogP contribution >= 0.6 is 0 Å². The van der Waals surface area contributed by atoms with Gasteiger partial charge in [-0.1, -0.05) is 0 Å². The lowest BCUT2D eigenvalue weighted by atomic mass is 10.0. The van der Waals surface area contributed by atoms with Gasteiger partial charge in [-0.05, 0) is 48.5 Å². The Morgan fingerprint density at radius 1 is 1.03 bits per heavy atom. The number of halogens is 2. The molecule has 2 aliphatic rings. The smallest absolute Gasteiger partial charge is 0.320 e. The maximum absolute atomic E-state index is 14.2. The lowest BCUT2D eigenvalue weighted by molar-refractivity contribution is 0.1000. The highest BCUT2D eigenvalue weighted by Crippen LogP contribution is 2.55. The number of nitrogens with two attached hydrogens (primary N) is 1. The van der Waals surface area contributed by atoms with E-state index in [1.165, 1.54) is 6.20 Å². The Hall–Kier alpha value is -4.21. The van der Waals surface area contributed by atoms with Crippen molar-refractivity contribution in [2.24, 2.45) is 11.7 Å². The molecule has 0 spiro atoms. The molecule has 3 aromatic rings. The number of benzene rings is 2. The van der Waals surface area contributed by atoms with Crippen LogP contribution in [0.3, 0.4) is 0 Å². The molecule has 8 nitrogen and oxygen atoms in total. The van der Waals surface area contributed by atoms with Gasteiger partial charge in [0.05, 0.1) is 12.8 Å². The summed E-state index contributed by atoms with van der Waals surface area (Å²) in [5.41, 5.74) is 5.74. The van der Waals surface area contributed by atoms with Crippen LogP contribution in [0.25, 0.3) is 0 Å². The summed E-state index contributed by atoms with van der Waals surface area (Å²) in [6, 6.07) is 10.7. The number of nitrogens with one attached hydrogen (secondary N) is 2. The van der Waals surface area contributed by atoms with Crippen LogP contribution < -0.4 is 25.8 Å². The number of fused-ring (bicyclic) bond motifs is 3. The molecular formula is C23H18F2N4O4. The number of primary amides is 1. The summed E-state index contributed by atoms with van der Waals surface area (Å²) in [5.74, 6) is -1.04. The molecule has 2 aromatic carbocycles. The first-order chi connectivity index (χ1) is 15.9. The van der Waals surface area contributed by atoms with Crippen LogP contribution in [0.4, 0.5) is 19.4 Å². The maximum Gasteiger partial charge on any atom is 0.320 e. The standard InChI is InChI=1S/C23H18F2N4O4/c24-15-6-7-16(25)21-19(15)18-14(10-32-21)20(18)29-23(31)28-17-8-5-13(9-27-17)33-12-3-1-11(2-4-12)22(26)30/h1-9,14,18,20H,10H2,(H2,26,30)(H2,27,28,29,31)/t14-,18+,20+/m0/s1. The number of ether oxygens (including phenoxy) is 2. The number of carbonyl (C=O) groups is 2. The monoisotopic (exact) mass is 452 g/mol. The molecule has 4 N–H and O–H groups in total. The molecule has 3 atom stereocenters. The van der Waals surface area contributed by atoms with Crippen LogP contribution in [0.2, 0.25) is 0 Å². The molecule has 33 heavy (non-hydrogen) atoms. The van der Waals surface area contributed by atoms with Gasteiger partial charge in [0.15, 0.2) is 11.6 Å². The lowest BCUT2D eigenvalue weighted by Crippen LogP contribution is -2.32. The van der Waals surface area contributed by atoms with Crippen LogP contribution in [-0.2, 0) is 0 Å². The summed E-state index contributed by atoms with van der Waals surface area (Å²) in [6.45, 7) is 0.202. The van der Waals surface area contributed by atoms with Crippen LogP contribution in [-0.4, -0.2) is 29.6 Å². The van der Waals surface area contributed by atoms with Gasteiger partial charge in [-0.25, -0.2) is 18.6 Å². The van der Waals surface area contributed by atoms with E-state index in [9.17, 15) is 18.4 Å². The van der Waals surface area contributed by atoms with Crippen molar-refractivity contribution >= 4 is 17.8 Å². The lowest BCUT2D eigenvalue weighted by Gasteiger charge is -2.16. The van der Waals surface area contributed by atoms with Crippen molar-refractivity contribution in [1.29, 1.82) is 0 Å². The summed E-state index contributed by atoms with van der Waals surface area (Å²) in [7, 11) is 0. The number of nitrogens with zero attached hydrogens (tertiary/aromatic N) is 1. The summed E-state index contributed by atoms with van der Waals surface area (Å²) >= 11 is 0. The minimum absolute atomic E-state index is 0.0810. The summed E-state index contributed by atoms with van der Waals surface area (Å²) in [4.78, 5) is 27.6. The van der Waals surface area contributed by atoms with E-state index in [2.05, 4.69) is 15.6 Å². The molecule has 0 saturated heterocycles. The zero-order chi connectivity index (χ0) is 23.1. The molecule has 2 heterocycles. The molecule has 5 rings (SSSR count). The first kappa shape index (κ1) is 20.7. The number of anilines is 1. The second-order valence-corrected chi connectivity index (χ2v) is 7.77. The van der Waals surface area contributed by atoms with Crippen molar-refractivity contribution in [3.8, 4) is 17.2 Å². The molecule has 1 aliphatic heterocycles. The Labute approximate surface area is 186 Å². The molecule has 0 bridgehead atoms. The van der Waals surface area contributed by atoms with E-state index in [1.54, 1.807) is 36.4 Å². The highest BCUT2D eigenvalue weighted by atomic mass is 19.1. The van der Waals surface area contributed by atoms with Gasteiger partial charge in [0.2, 0.25) is 5.91 Å². The Morgan fingerprint density at radius 3 is 2.45 bits per heavy atom. The maximum atomic E-state index is 14.2. The van der Waals surface area contributed by atoms with Crippen molar-refractivity contribution in [3.63, 3.8) is 0 Å². The fraction of sp³-hybridized carbons (Fsp3) is 0.174. The number of aromatic nitrogens is 1. The van der Waals surface area contributed by atoms with E-state index in [0.717, 1.165) is 12.1 Å². The van der Waals surface area contributed by atoms with E-state index in [1.807, 2.05) is 0 Å². The average Bonchev–Trinajstić information content (AvgIpc) is 3.50. The average molecular weight is 452 g/mol. The minimum atomic E-state index is -0.615. The van der Waals surface area contributed by atoms with Crippen molar-refractivity contribution in [2.45, 2.75) is 12.0 Å². The van der Waals surface area contributed by atoms with Gasteiger partial charge >= 0.3 is 6.03 Å². The Kier molecular flexibility index (Phi) is 5.04. The summed E-state index contributed by atoms with van der Waals surface area (Å²) < 4.78 is 39.1. The molecule has 0 radical (unpaired) electrons. The zero-order valence-electron chi connectivity index (χ0n) is 17.0. The number of carbonyl (C=O) groups excluding carboxylic acids is 2. The molecule has 168 valence electrons. The van der Waals surface area contributed by atoms with Crippen molar-refractivity contribution in [2.75, 3.05) is 11.9 Å². The fourth-order valence-electron chi connectivity index (χ4n) is 4.00. The topological polar surface area (TPSA) is 116 Å². The first-order valence-corrected chi connectivity index (χ1v) is 10.1. The van der Waals surface area contributed by atoms with Crippen molar-refractivity contribution in [1.82, 2.24) is 10.3 Å². The third-order valence-corrected chi connectivity index (χ3v) is 5.67. The molecule has 1 aliphatic carbocycles. The van der Waals surface area contributed by atoms with Crippen LogP contribution in [0.1, 0.15) is 21.8 Å². The van der Waals surface area contributed by atoms with Crippen molar-refractivity contribution < 1.29 is 27.8 Å². The predicted molar refractivity (Wildman–Crippen MR) is 113 cm³/mol. The van der Waals surface area contributed by atoms with Crippen LogP contribution in [0.5, 0.6) is 17.2 Å². The first-order valence-electron chi connectivity index (χ1n) is 10.1. The Balaban J connectivity index is 1.18. The van der Waals surface area contributed by atoms with Gasteiger partial charge in [0.25, 0.3) is 0 Å². The van der Waals surface area contributed by atoms with Gasteiger partial charge in [-0.3, -0.25) is 10.1 Å². The quantitative estimate of drug-likeness (QED) is 0.548. The normalized spacial score (nSPS) is 20.0. The van der Waals surface area contributed by atoms with E-state index < -0.39 is 23.6 Å². The van der Waals surface area contributed by atoms with E-state index in [0.29, 0.717) is 17.1 Å². The molecule has 3 amide bonds. The molecule has 1 fully saturated rings. The Bertz CT molecular complexity index is 1230. The van der Waals surface area contributed by atoms with E-state index in [4.69, 9.17) is 15.2 Å². The molecule has 10 heteroatoms. The molecular weight excluding hydrogens is 434 g/mol. The molecule has 1 saturated carbocycles. The highest BCUT2D eigenvalue weighted by molar-refractivity contribution is 5.92. The van der Waals surface area contributed by atoms with E-state index in [-0.39, 0.29) is 41.6 Å². The second kappa shape index (κ2) is 8.05. The largest absolute Gasteiger partial charge is 0.490 e. The van der Waals surface area contributed by atoms with Crippen LogP contribution in [0, 0.1) is 17.6 Å². The minimum Gasteiger partial charge on any atom is -0.490 e. The third-order valence-electron chi connectivity index (χ3n) is 5.67. The molecule has 1 aromatic heterocycles. The number of hydrogen-bond donors (Lipinski definition) is 3. The number of rotatable bonds is 5. The predicted octanol–water partition coefficient (Wildman–Crippen LogP) is 3.55. The SMILES string of the molecule is NC(=O)c1ccc(Oc2ccc(NC(=O)N[C@@H]3[C@H]4COc5c(F)ccc(F)c5[C@@H]43)nc2)cc1. The summed E-state index contributed by atoms with van der Waals surface area (Å²) in [6.07, 6.45) is 1.43. The van der Waals surface area contributed by atoms with Gasteiger partial charge < -0.3 is 20.5 Å².